The highest BCUT2D eigenvalue weighted by molar-refractivity contribution is 6.34. The van der Waals surface area contributed by atoms with Crippen molar-refractivity contribution in [3.63, 3.8) is 0 Å². The minimum absolute atomic E-state index is 0.163. The van der Waals surface area contributed by atoms with Gasteiger partial charge in [0.15, 0.2) is 11.5 Å². The van der Waals surface area contributed by atoms with Crippen molar-refractivity contribution in [2.24, 2.45) is 0 Å². The van der Waals surface area contributed by atoms with Gasteiger partial charge in [-0.25, -0.2) is 0 Å². The number of nitrogens with zero attached hydrogens (tertiary/aromatic N) is 5. The Morgan fingerprint density at radius 2 is 1.66 bits per heavy atom. The summed E-state index contributed by atoms with van der Waals surface area (Å²) in [5, 5.41) is 6.01. The number of rotatable bonds is 2. The maximum absolute atomic E-state index is 13.3. The Morgan fingerprint density at radius 3 is 2.28 bits per heavy atom. The van der Waals surface area contributed by atoms with Crippen LogP contribution in [0.1, 0.15) is 39.3 Å². The topological polar surface area (TPSA) is 63.9 Å². The standard InChI is InChI=1S/C19H12ClF6N5O/c20-12-11(6-7-27-14(12)18(21,22)23)16(32)30-8-9-31-15(28-29-17(31)19(24,25)26)13(30)10-4-2-1-3-5-10/h1-7,13H,8-9H2/t13-/m0/s1. The van der Waals surface area contributed by atoms with Crippen molar-refractivity contribution in [1.29, 1.82) is 0 Å². The van der Waals surface area contributed by atoms with Crippen molar-refractivity contribution in [2.45, 2.75) is 24.9 Å². The van der Waals surface area contributed by atoms with Crippen molar-refractivity contribution in [1.82, 2.24) is 24.6 Å². The van der Waals surface area contributed by atoms with E-state index in [1.807, 2.05) is 0 Å². The van der Waals surface area contributed by atoms with Crippen molar-refractivity contribution in [2.75, 3.05) is 6.54 Å². The number of aromatic nitrogens is 4. The Kier molecular flexibility index (Phi) is 5.35. The van der Waals surface area contributed by atoms with E-state index in [0.717, 1.165) is 21.7 Å². The molecule has 1 atom stereocenters. The molecule has 0 unspecified atom stereocenters. The van der Waals surface area contributed by atoms with Gasteiger partial charge in [0.05, 0.1) is 10.6 Å². The van der Waals surface area contributed by atoms with Gasteiger partial charge in [0.1, 0.15) is 6.04 Å². The van der Waals surface area contributed by atoms with Gasteiger partial charge in [0.2, 0.25) is 5.82 Å². The zero-order valence-electron chi connectivity index (χ0n) is 15.8. The first-order chi connectivity index (χ1) is 15.0. The molecule has 0 spiro atoms. The Morgan fingerprint density at radius 1 is 0.969 bits per heavy atom. The smallest absolute Gasteiger partial charge is 0.322 e. The molecule has 3 heterocycles. The molecule has 0 bridgehead atoms. The van der Waals surface area contributed by atoms with Crippen molar-refractivity contribution in [3.05, 3.63) is 76.1 Å². The highest BCUT2D eigenvalue weighted by Crippen LogP contribution is 2.39. The lowest BCUT2D eigenvalue weighted by Gasteiger charge is -2.36. The van der Waals surface area contributed by atoms with E-state index in [0.29, 0.717) is 5.56 Å². The molecule has 1 aliphatic heterocycles. The van der Waals surface area contributed by atoms with Gasteiger partial charge in [-0.15, -0.1) is 10.2 Å². The van der Waals surface area contributed by atoms with Crippen LogP contribution < -0.4 is 0 Å². The molecule has 1 amide bonds. The molecule has 1 aliphatic rings. The fourth-order valence-corrected chi connectivity index (χ4v) is 3.87. The van der Waals surface area contributed by atoms with E-state index in [1.54, 1.807) is 30.3 Å². The molecule has 0 aliphatic carbocycles. The zero-order valence-corrected chi connectivity index (χ0v) is 16.6. The molecule has 3 aromatic rings. The van der Waals surface area contributed by atoms with Gasteiger partial charge in [-0.05, 0) is 11.6 Å². The van der Waals surface area contributed by atoms with Crippen LogP contribution in [0.3, 0.4) is 0 Å². The number of pyridine rings is 1. The number of carbonyl (C=O) groups excluding carboxylic acids is 1. The van der Waals surface area contributed by atoms with Gasteiger partial charge >= 0.3 is 12.4 Å². The quantitative estimate of drug-likeness (QED) is 0.508. The van der Waals surface area contributed by atoms with Crippen LogP contribution in [-0.4, -0.2) is 37.1 Å². The molecule has 2 aromatic heterocycles. The van der Waals surface area contributed by atoms with Gasteiger partial charge in [0.25, 0.3) is 5.91 Å². The molecule has 168 valence electrons. The highest BCUT2D eigenvalue weighted by Gasteiger charge is 2.44. The average molecular weight is 476 g/mol. The first-order valence-electron chi connectivity index (χ1n) is 9.08. The Balaban J connectivity index is 1.83. The van der Waals surface area contributed by atoms with Crippen LogP contribution in [-0.2, 0) is 18.9 Å². The molecule has 0 radical (unpaired) electrons. The fourth-order valence-electron chi connectivity index (χ4n) is 3.57. The van der Waals surface area contributed by atoms with Gasteiger partial charge in [0, 0.05) is 19.3 Å². The lowest BCUT2D eigenvalue weighted by atomic mass is 10.0. The lowest BCUT2D eigenvalue weighted by molar-refractivity contribution is -0.148. The molecule has 0 saturated carbocycles. The number of carbonyl (C=O) groups is 1. The van der Waals surface area contributed by atoms with E-state index < -0.39 is 46.4 Å². The summed E-state index contributed by atoms with van der Waals surface area (Å²) in [5.41, 5.74) is -1.50. The Bertz CT molecular complexity index is 1160. The maximum atomic E-state index is 13.3. The molecular formula is C19H12ClF6N5O. The number of hydrogen-bond acceptors (Lipinski definition) is 4. The van der Waals surface area contributed by atoms with Crippen LogP contribution in [0.15, 0.2) is 42.6 Å². The van der Waals surface area contributed by atoms with Crippen LogP contribution in [0.5, 0.6) is 0 Å². The second-order valence-electron chi connectivity index (χ2n) is 6.86. The van der Waals surface area contributed by atoms with Crippen LogP contribution >= 0.6 is 11.6 Å². The van der Waals surface area contributed by atoms with Crippen molar-refractivity contribution < 1.29 is 31.1 Å². The van der Waals surface area contributed by atoms with E-state index in [9.17, 15) is 31.1 Å². The fraction of sp³-hybridized carbons (Fsp3) is 0.263. The normalized spacial score (nSPS) is 16.7. The average Bonchev–Trinajstić information content (AvgIpc) is 3.17. The van der Waals surface area contributed by atoms with E-state index in [2.05, 4.69) is 15.2 Å². The molecule has 0 N–H and O–H groups in total. The summed E-state index contributed by atoms with van der Waals surface area (Å²) >= 11 is 5.85. The first kappa shape index (κ1) is 22.1. The summed E-state index contributed by atoms with van der Waals surface area (Å²) in [5.74, 6) is -2.29. The zero-order chi connectivity index (χ0) is 23.3. The number of amides is 1. The summed E-state index contributed by atoms with van der Waals surface area (Å²) < 4.78 is 80.4. The number of fused-ring (bicyclic) bond motifs is 1. The molecule has 13 heteroatoms. The molecule has 4 rings (SSSR count). The lowest BCUT2D eigenvalue weighted by Crippen LogP contribution is -2.43. The van der Waals surface area contributed by atoms with E-state index in [1.165, 1.54) is 0 Å². The van der Waals surface area contributed by atoms with Crippen LogP contribution in [0.4, 0.5) is 26.3 Å². The molecule has 0 saturated heterocycles. The number of benzene rings is 1. The number of halogens is 7. The van der Waals surface area contributed by atoms with Crippen LogP contribution in [0, 0.1) is 0 Å². The summed E-state index contributed by atoms with van der Waals surface area (Å²) in [4.78, 5) is 17.6. The Hall–Kier alpha value is -3.15. The summed E-state index contributed by atoms with van der Waals surface area (Å²) in [7, 11) is 0. The van der Waals surface area contributed by atoms with Gasteiger partial charge < -0.3 is 9.47 Å². The molecular weight excluding hydrogens is 464 g/mol. The summed E-state index contributed by atoms with van der Waals surface area (Å²) in [6.45, 7) is -0.548. The second kappa shape index (κ2) is 7.76. The first-order valence-corrected chi connectivity index (χ1v) is 9.46. The van der Waals surface area contributed by atoms with E-state index >= 15 is 0 Å². The maximum Gasteiger partial charge on any atom is 0.451 e. The van der Waals surface area contributed by atoms with Crippen LogP contribution in [0.2, 0.25) is 5.02 Å². The van der Waals surface area contributed by atoms with Gasteiger partial charge in [-0.2, -0.15) is 26.3 Å². The predicted octanol–water partition coefficient (Wildman–Crippen LogP) is 4.61. The molecule has 6 nitrogen and oxygen atoms in total. The third kappa shape index (κ3) is 3.78. The third-order valence-corrected chi connectivity index (χ3v) is 5.30. The largest absolute Gasteiger partial charge is 0.451 e. The third-order valence-electron chi connectivity index (χ3n) is 4.92. The number of hydrogen-bond donors (Lipinski definition) is 0. The minimum Gasteiger partial charge on any atom is -0.322 e. The predicted molar refractivity (Wildman–Crippen MR) is 98.6 cm³/mol. The summed E-state index contributed by atoms with van der Waals surface area (Å²) in [6.07, 6.45) is -8.86. The van der Waals surface area contributed by atoms with E-state index in [4.69, 9.17) is 11.6 Å². The van der Waals surface area contributed by atoms with Crippen LogP contribution in [0.25, 0.3) is 0 Å². The SMILES string of the molecule is O=C(c1ccnc(C(F)(F)F)c1Cl)N1CCn2c(nnc2C(F)(F)F)[C@@H]1c1ccccc1. The van der Waals surface area contributed by atoms with E-state index in [-0.39, 0.29) is 18.9 Å². The molecule has 1 aromatic carbocycles. The monoisotopic (exact) mass is 475 g/mol. The highest BCUT2D eigenvalue weighted by atomic mass is 35.5. The van der Waals surface area contributed by atoms with Crippen molar-refractivity contribution >= 4 is 17.5 Å². The summed E-state index contributed by atoms with van der Waals surface area (Å²) in [6, 6.07) is 7.93. The Labute approximate surface area is 181 Å². The minimum atomic E-state index is -4.89. The second-order valence-corrected chi connectivity index (χ2v) is 7.24. The molecule has 0 fully saturated rings. The van der Waals surface area contributed by atoms with Crippen molar-refractivity contribution in [3.8, 4) is 0 Å². The van der Waals surface area contributed by atoms with Gasteiger partial charge in [-0.3, -0.25) is 9.78 Å². The van der Waals surface area contributed by atoms with Gasteiger partial charge in [-0.1, -0.05) is 41.9 Å². The number of alkyl halides is 6. The molecule has 32 heavy (non-hydrogen) atoms.